The third kappa shape index (κ3) is 4.43. The average molecular weight is 398 g/mol. The van der Waals surface area contributed by atoms with Gasteiger partial charge in [0.1, 0.15) is 16.5 Å². The van der Waals surface area contributed by atoms with Gasteiger partial charge in [-0.3, -0.25) is 4.72 Å². The highest BCUT2D eigenvalue weighted by molar-refractivity contribution is 7.92. The van der Waals surface area contributed by atoms with Crippen LogP contribution < -0.4 is 14.8 Å². The van der Waals surface area contributed by atoms with Gasteiger partial charge in [0.25, 0.3) is 10.0 Å². The Morgan fingerprint density at radius 2 is 1.64 bits per heavy atom. The van der Waals surface area contributed by atoms with Crippen molar-refractivity contribution in [2.24, 2.45) is 0 Å². The highest BCUT2D eigenvalue weighted by Gasteiger charge is 2.20. The van der Waals surface area contributed by atoms with Crippen molar-refractivity contribution in [1.29, 1.82) is 0 Å². The average Bonchev–Trinajstić information content (AvgIpc) is 2.66. The van der Waals surface area contributed by atoms with Gasteiger partial charge in [0.2, 0.25) is 0 Å². The molecule has 6 nitrogen and oxygen atoms in total. The highest BCUT2D eigenvalue weighted by atomic mass is 32.2. The molecule has 0 atom stereocenters. The number of ether oxygens (including phenoxy) is 1. The van der Waals surface area contributed by atoms with Crippen LogP contribution in [0.15, 0.2) is 59.6 Å². The molecule has 7 heteroatoms. The number of anilines is 3. The maximum absolute atomic E-state index is 12.7. The van der Waals surface area contributed by atoms with E-state index in [-0.39, 0.29) is 4.90 Å². The number of aryl methyl sites for hydroxylation is 3. The van der Waals surface area contributed by atoms with E-state index in [1.807, 2.05) is 32.0 Å². The van der Waals surface area contributed by atoms with Crippen molar-refractivity contribution in [1.82, 2.24) is 4.98 Å². The molecular weight excluding hydrogens is 374 g/mol. The SMILES string of the molecule is COc1ccc(C)cc1S(=O)(=O)Nc1ccc(Nc2ccc(C)c(C)c2)nc1. The van der Waals surface area contributed by atoms with E-state index in [1.54, 1.807) is 30.3 Å². The quantitative estimate of drug-likeness (QED) is 0.637. The van der Waals surface area contributed by atoms with E-state index in [0.717, 1.165) is 11.3 Å². The molecule has 0 spiro atoms. The van der Waals surface area contributed by atoms with Crippen LogP contribution in [0.3, 0.4) is 0 Å². The van der Waals surface area contributed by atoms with Gasteiger partial charge in [-0.15, -0.1) is 0 Å². The first-order chi connectivity index (χ1) is 13.3. The Balaban J connectivity index is 1.78. The van der Waals surface area contributed by atoms with Crippen LogP contribution in [0.5, 0.6) is 5.75 Å². The molecule has 0 amide bonds. The number of hydrogen-bond donors (Lipinski definition) is 2. The van der Waals surface area contributed by atoms with Gasteiger partial charge < -0.3 is 10.1 Å². The van der Waals surface area contributed by atoms with Gasteiger partial charge >= 0.3 is 0 Å². The second kappa shape index (κ2) is 7.90. The minimum atomic E-state index is -3.80. The molecule has 28 heavy (non-hydrogen) atoms. The number of nitrogens with zero attached hydrogens (tertiary/aromatic N) is 1. The van der Waals surface area contributed by atoms with Crippen LogP contribution in [-0.2, 0) is 10.0 Å². The molecule has 3 rings (SSSR count). The second-order valence-electron chi connectivity index (χ2n) is 6.62. The van der Waals surface area contributed by atoms with Crippen LogP contribution in [0, 0.1) is 20.8 Å². The van der Waals surface area contributed by atoms with Crippen molar-refractivity contribution in [2.45, 2.75) is 25.7 Å². The lowest BCUT2D eigenvalue weighted by Gasteiger charge is -2.13. The van der Waals surface area contributed by atoms with E-state index in [1.165, 1.54) is 24.4 Å². The summed E-state index contributed by atoms with van der Waals surface area (Å²) >= 11 is 0. The van der Waals surface area contributed by atoms with Crippen molar-refractivity contribution in [3.05, 3.63) is 71.4 Å². The molecule has 2 N–H and O–H groups in total. The Bertz CT molecular complexity index is 1090. The Hall–Kier alpha value is -3.06. The molecule has 0 radical (unpaired) electrons. The Morgan fingerprint density at radius 1 is 0.893 bits per heavy atom. The normalized spacial score (nSPS) is 11.1. The Morgan fingerprint density at radius 3 is 2.29 bits per heavy atom. The van der Waals surface area contributed by atoms with Crippen molar-refractivity contribution < 1.29 is 13.2 Å². The molecule has 1 heterocycles. The van der Waals surface area contributed by atoms with Crippen molar-refractivity contribution in [3.63, 3.8) is 0 Å². The molecule has 0 saturated heterocycles. The fraction of sp³-hybridized carbons (Fsp3) is 0.190. The number of nitrogens with one attached hydrogen (secondary N) is 2. The zero-order valence-corrected chi connectivity index (χ0v) is 17.1. The Kier molecular flexibility index (Phi) is 5.56. The van der Waals surface area contributed by atoms with E-state index in [4.69, 9.17) is 4.74 Å². The first-order valence-corrected chi connectivity index (χ1v) is 10.2. The van der Waals surface area contributed by atoms with Crippen molar-refractivity contribution in [2.75, 3.05) is 17.1 Å². The molecule has 0 saturated carbocycles. The summed E-state index contributed by atoms with van der Waals surface area (Å²) in [4.78, 5) is 4.38. The van der Waals surface area contributed by atoms with Crippen LogP contribution in [0.4, 0.5) is 17.2 Å². The van der Waals surface area contributed by atoms with Gasteiger partial charge in [-0.1, -0.05) is 12.1 Å². The molecule has 146 valence electrons. The molecule has 0 aliphatic carbocycles. The fourth-order valence-corrected chi connectivity index (χ4v) is 4.00. The summed E-state index contributed by atoms with van der Waals surface area (Å²) in [6, 6.07) is 14.4. The van der Waals surface area contributed by atoms with E-state index in [2.05, 4.69) is 21.9 Å². The molecule has 0 unspecified atom stereocenters. The predicted molar refractivity (Wildman–Crippen MR) is 112 cm³/mol. The third-order valence-electron chi connectivity index (χ3n) is 4.40. The number of hydrogen-bond acceptors (Lipinski definition) is 5. The molecule has 2 aromatic carbocycles. The summed E-state index contributed by atoms with van der Waals surface area (Å²) in [6.45, 7) is 5.93. The second-order valence-corrected chi connectivity index (χ2v) is 8.27. The molecule has 3 aromatic rings. The largest absolute Gasteiger partial charge is 0.495 e. The number of methoxy groups -OCH3 is 1. The zero-order valence-electron chi connectivity index (χ0n) is 16.3. The molecule has 0 aliphatic heterocycles. The third-order valence-corrected chi connectivity index (χ3v) is 5.81. The topological polar surface area (TPSA) is 80.3 Å². The predicted octanol–water partition coefficient (Wildman–Crippen LogP) is 4.56. The lowest BCUT2D eigenvalue weighted by molar-refractivity contribution is 0.402. The summed E-state index contributed by atoms with van der Waals surface area (Å²) in [6.07, 6.45) is 1.48. The Labute approximate surface area is 165 Å². The minimum Gasteiger partial charge on any atom is -0.495 e. The number of aromatic nitrogens is 1. The fourth-order valence-electron chi connectivity index (χ4n) is 2.70. The molecule has 1 aromatic heterocycles. The van der Waals surface area contributed by atoms with Crippen molar-refractivity contribution in [3.8, 4) is 5.75 Å². The van der Waals surface area contributed by atoms with Crippen LogP contribution in [0.1, 0.15) is 16.7 Å². The molecule has 0 fully saturated rings. The van der Waals surface area contributed by atoms with Gasteiger partial charge in [-0.25, -0.2) is 13.4 Å². The van der Waals surface area contributed by atoms with E-state index in [9.17, 15) is 8.42 Å². The summed E-state index contributed by atoms with van der Waals surface area (Å²) in [5.74, 6) is 0.915. The summed E-state index contributed by atoms with van der Waals surface area (Å²) in [5, 5.41) is 3.21. The summed E-state index contributed by atoms with van der Waals surface area (Å²) in [7, 11) is -2.35. The first kappa shape index (κ1) is 19.7. The lowest BCUT2D eigenvalue weighted by Crippen LogP contribution is -2.14. The van der Waals surface area contributed by atoms with Crippen LogP contribution in [0.25, 0.3) is 0 Å². The zero-order chi connectivity index (χ0) is 20.3. The molecular formula is C21H23N3O3S. The van der Waals surface area contributed by atoms with Gasteiger partial charge in [0.05, 0.1) is 19.0 Å². The van der Waals surface area contributed by atoms with E-state index in [0.29, 0.717) is 17.3 Å². The van der Waals surface area contributed by atoms with Gasteiger partial charge in [0, 0.05) is 5.69 Å². The summed E-state index contributed by atoms with van der Waals surface area (Å²) < 4.78 is 33.2. The van der Waals surface area contributed by atoms with Gasteiger partial charge in [-0.2, -0.15) is 0 Å². The smallest absolute Gasteiger partial charge is 0.265 e. The molecule has 0 aliphatic rings. The maximum atomic E-state index is 12.7. The minimum absolute atomic E-state index is 0.0901. The number of rotatable bonds is 6. The number of benzene rings is 2. The van der Waals surface area contributed by atoms with Gasteiger partial charge in [0.15, 0.2) is 0 Å². The maximum Gasteiger partial charge on any atom is 0.265 e. The standard InChI is InChI=1S/C21H23N3O3S/c1-14-5-9-19(27-4)20(11-14)28(25,26)24-18-8-10-21(22-13-18)23-17-7-6-15(2)16(3)12-17/h5-13,24H,1-4H3,(H,22,23). The van der Waals surface area contributed by atoms with Crippen molar-refractivity contribution >= 4 is 27.2 Å². The van der Waals surface area contributed by atoms with E-state index < -0.39 is 10.0 Å². The van der Waals surface area contributed by atoms with Crippen LogP contribution >= 0.6 is 0 Å². The van der Waals surface area contributed by atoms with E-state index >= 15 is 0 Å². The van der Waals surface area contributed by atoms with Crippen LogP contribution in [-0.4, -0.2) is 20.5 Å². The molecule has 0 bridgehead atoms. The number of sulfonamides is 1. The monoisotopic (exact) mass is 397 g/mol. The number of pyridine rings is 1. The van der Waals surface area contributed by atoms with Crippen LogP contribution in [0.2, 0.25) is 0 Å². The first-order valence-electron chi connectivity index (χ1n) is 8.76. The van der Waals surface area contributed by atoms with Gasteiger partial charge in [-0.05, 0) is 73.9 Å². The highest BCUT2D eigenvalue weighted by Crippen LogP contribution is 2.27. The lowest BCUT2D eigenvalue weighted by atomic mass is 10.1. The summed E-state index contributed by atoms with van der Waals surface area (Å²) in [5.41, 5.74) is 4.52.